The summed E-state index contributed by atoms with van der Waals surface area (Å²) in [6, 6.07) is 5.77. The van der Waals surface area contributed by atoms with Crippen molar-refractivity contribution in [2.45, 2.75) is 25.8 Å². The highest BCUT2D eigenvalue weighted by Gasteiger charge is 2.08. The number of halogens is 2. The van der Waals surface area contributed by atoms with Crippen LogP contribution in [0.15, 0.2) is 34.9 Å². The van der Waals surface area contributed by atoms with Gasteiger partial charge in [0.2, 0.25) is 11.8 Å². The molecule has 1 atom stereocenters. The summed E-state index contributed by atoms with van der Waals surface area (Å²) < 4.78 is 18.2. The van der Waals surface area contributed by atoms with Gasteiger partial charge in [-0.1, -0.05) is 0 Å². The minimum Gasteiger partial charge on any atom is -0.444 e. The van der Waals surface area contributed by atoms with Crippen molar-refractivity contribution in [3.63, 3.8) is 0 Å². The molecule has 0 spiro atoms. The van der Waals surface area contributed by atoms with E-state index in [0.717, 1.165) is 5.69 Å². The normalized spacial score (nSPS) is 11.6. The third-order valence-corrected chi connectivity index (χ3v) is 2.85. The van der Waals surface area contributed by atoms with E-state index in [2.05, 4.69) is 10.3 Å². The van der Waals surface area contributed by atoms with E-state index >= 15 is 0 Å². The molecule has 1 amide bonds. The first-order valence-corrected chi connectivity index (χ1v) is 6.77. The molecule has 2 rings (SSSR count). The summed E-state index contributed by atoms with van der Waals surface area (Å²) >= 11 is 0. The molecule has 7 heteroatoms. The second kappa shape index (κ2) is 8.51. The first kappa shape index (κ1) is 18.1. The van der Waals surface area contributed by atoms with Gasteiger partial charge in [-0.25, -0.2) is 9.37 Å². The quantitative estimate of drug-likeness (QED) is 0.853. The Bertz CT molecular complexity index is 599. The molecule has 3 N–H and O–H groups in total. The Morgan fingerprint density at radius 2 is 2.09 bits per heavy atom. The number of oxazole rings is 1. The number of amides is 1. The number of hydrogen-bond donors (Lipinski definition) is 2. The van der Waals surface area contributed by atoms with Gasteiger partial charge in [0, 0.05) is 31.0 Å². The van der Waals surface area contributed by atoms with Crippen LogP contribution in [0.3, 0.4) is 0 Å². The number of carbonyl (C=O) groups is 1. The Hall–Kier alpha value is -1.92. The molecule has 120 valence electrons. The Kier molecular flexibility index (Phi) is 7.01. The molecule has 1 unspecified atom stereocenters. The van der Waals surface area contributed by atoms with Crippen LogP contribution in [0.4, 0.5) is 4.39 Å². The Balaban J connectivity index is 0.00000242. The van der Waals surface area contributed by atoms with Crippen molar-refractivity contribution >= 4 is 18.3 Å². The molecule has 0 saturated carbocycles. The number of carbonyl (C=O) groups excluding carboxylic acids is 1. The van der Waals surface area contributed by atoms with Crippen LogP contribution in [-0.4, -0.2) is 23.5 Å². The molecule has 0 aliphatic heterocycles. The van der Waals surface area contributed by atoms with Crippen LogP contribution in [0.25, 0.3) is 11.5 Å². The molecule has 5 nitrogen and oxygen atoms in total. The minimum absolute atomic E-state index is 0. The molecule has 1 aromatic heterocycles. The molecule has 0 radical (unpaired) electrons. The smallest absolute Gasteiger partial charge is 0.226 e. The fourth-order valence-corrected chi connectivity index (χ4v) is 1.84. The molecule has 0 saturated heterocycles. The molecule has 0 bridgehead atoms. The van der Waals surface area contributed by atoms with Gasteiger partial charge in [0.15, 0.2) is 0 Å². The van der Waals surface area contributed by atoms with Gasteiger partial charge in [0.05, 0.1) is 5.69 Å². The van der Waals surface area contributed by atoms with Crippen molar-refractivity contribution in [3.8, 4) is 11.5 Å². The maximum absolute atomic E-state index is 12.8. The largest absolute Gasteiger partial charge is 0.444 e. The molecule has 2 aromatic rings. The monoisotopic (exact) mass is 327 g/mol. The molecule has 22 heavy (non-hydrogen) atoms. The van der Waals surface area contributed by atoms with E-state index in [4.69, 9.17) is 10.2 Å². The standard InChI is InChI=1S/C15H18FN3O2.ClH/c1-10(17)8-14(20)18-7-6-13-9-21-15(19-13)11-2-4-12(16)5-3-11;/h2-5,9-10H,6-8,17H2,1H3,(H,18,20);1H. The predicted molar refractivity (Wildman–Crippen MR) is 84.1 cm³/mol. The average Bonchev–Trinajstić information content (AvgIpc) is 2.87. The lowest BCUT2D eigenvalue weighted by Gasteiger charge is -2.05. The zero-order valence-corrected chi connectivity index (χ0v) is 13.0. The van der Waals surface area contributed by atoms with E-state index in [1.54, 1.807) is 19.1 Å². The van der Waals surface area contributed by atoms with E-state index in [9.17, 15) is 9.18 Å². The summed E-state index contributed by atoms with van der Waals surface area (Å²) in [7, 11) is 0. The minimum atomic E-state index is -0.303. The van der Waals surface area contributed by atoms with Crippen LogP contribution in [0.5, 0.6) is 0 Å². The highest BCUT2D eigenvalue weighted by atomic mass is 35.5. The Morgan fingerprint density at radius 3 is 2.73 bits per heavy atom. The molecule has 0 aliphatic rings. The average molecular weight is 328 g/mol. The second-order valence-electron chi connectivity index (χ2n) is 4.93. The Morgan fingerprint density at radius 1 is 1.41 bits per heavy atom. The van der Waals surface area contributed by atoms with Crippen LogP contribution in [-0.2, 0) is 11.2 Å². The van der Waals surface area contributed by atoms with Crippen molar-refractivity contribution in [2.75, 3.05) is 6.54 Å². The Labute approximate surface area is 134 Å². The van der Waals surface area contributed by atoms with E-state index < -0.39 is 0 Å². The number of rotatable bonds is 6. The SMILES string of the molecule is CC(N)CC(=O)NCCc1coc(-c2ccc(F)cc2)n1.Cl. The zero-order chi connectivity index (χ0) is 15.2. The van der Waals surface area contributed by atoms with E-state index in [-0.39, 0.29) is 30.2 Å². The van der Waals surface area contributed by atoms with Crippen molar-refractivity contribution in [1.29, 1.82) is 0 Å². The van der Waals surface area contributed by atoms with Crippen LogP contribution in [0, 0.1) is 5.82 Å². The molecule has 1 heterocycles. The van der Waals surface area contributed by atoms with Crippen LogP contribution in [0.2, 0.25) is 0 Å². The van der Waals surface area contributed by atoms with Crippen molar-refractivity contribution in [2.24, 2.45) is 5.73 Å². The van der Waals surface area contributed by atoms with Gasteiger partial charge in [-0.2, -0.15) is 0 Å². The number of nitrogens with one attached hydrogen (secondary N) is 1. The first-order chi connectivity index (χ1) is 10.0. The van der Waals surface area contributed by atoms with Crippen LogP contribution < -0.4 is 11.1 Å². The maximum atomic E-state index is 12.8. The van der Waals surface area contributed by atoms with Crippen molar-refractivity contribution in [3.05, 3.63) is 42.0 Å². The number of benzene rings is 1. The van der Waals surface area contributed by atoms with Gasteiger partial charge in [-0.15, -0.1) is 12.4 Å². The lowest BCUT2D eigenvalue weighted by Crippen LogP contribution is -2.31. The highest BCUT2D eigenvalue weighted by molar-refractivity contribution is 5.85. The molecule has 0 aliphatic carbocycles. The number of aromatic nitrogens is 1. The lowest BCUT2D eigenvalue weighted by molar-refractivity contribution is -0.121. The fraction of sp³-hybridized carbons (Fsp3) is 0.333. The maximum Gasteiger partial charge on any atom is 0.226 e. The molecule has 1 aromatic carbocycles. The molecular weight excluding hydrogens is 309 g/mol. The number of nitrogens with two attached hydrogens (primary N) is 1. The van der Waals surface area contributed by atoms with Gasteiger partial charge in [-0.05, 0) is 31.2 Å². The lowest BCUT2D eigenvalue weighted by atomic mass is 10.2. The van der Waals surface area contributed by atoms with Gasteiger partial charge in [0.25, 0.3) is 0 Å². The third-order valence-electron chi connectivity index (χ3n) is 2.85. The summed E-state index contributed by atoms with van der Waals surface area (Å²) in [5.41, 5.74) is 6.98. The number of nitrogens with zero attached hydrogens (tertiary/aromatic N) is 1. The predicted octanol–water partition coefficient (Wildman–Crippen LogP) is 2.30. The fourth-order valence-electron chi connectivity index (χ4n) is 1.84. The zero-order valence-electron chi connectivity index (χ0n) is 12.2. The summed E-state index contributed by atoms with van der Waals surface area (Å²) in [4.78, 5) is 15.7. The summed E-state index contributed by atoms with van der Waals surface area (Å²) in [6.07, 6.45) is 2.41. The summed E-state index contributed by atoms with van der Waals surface area (Å²) in [6.45, 7) is 2.26. The van der Waals surface area contributed by atoms with E-state index in [0.29, 0.717) is 30.8 Å². The highest BCUT2D eigenvalue weighted by Crippen LogP contribution is 2.18. The second-order valence-corrected chi connectivity index (χ2v) is 4.93. The topological polar surface area (TPSA) is 81.2 Å². The summed E-state index contributed by atoms with van der Waals surface area (Å²) in [5.74, 6) is 0.0570. The molecule has 0 fully saturated rings. The first-order valence-electron chi connectivity index (χ1n) is 6.77. The number of hydrogen-bond acceptors (Lipinski definition) is 4. The van der Waals surface area contributed by atoms with Gasteiger partial charge >= 0.3 is 0 Å². The summed E-state index contributed by atoms with van der Waals surface area (Å²) in [5, 5.41) is 2.77. The van der Waals surface area contributed by atoms with Crippen LogP contribution >= 0.6 is 12.4 Å². The van der Waals surface area contributed by atoms with Gasteiger partial charge in [-0.3, -0.25) is 4.79 Å². The van der Waals surface area contributed by atoms with Crippen molar-refractivity contribution in [1.82, 2.24) is 10.3 Å². The molecular formula is C15H19ClFN3O2. The van der Waals surface area contributed by atoms with Crippen molar-refractivity contribution < 1.29 is 13.6 Å². The van der Waals surface area contributed by atoms with E-state index in [1.807, 2.05) is 0 Å². The van der Waals surface area contributed by atoms with Crippen LogP contribution in [0.1, 0.15) is 19.0 Å². The third kappa shape index (κ3) is 5.46. The van der Waals surface area contributed by atoms with Gasteiger partial charge in [0.1, 0.15) is 12.1 Å². The van der Waals surface area contributed by atoms with Gasteiger partial charge < -0.3 is 15.5 Å². The van der Waals surface area contributed by atoms with E-state index in [1.165, 1.54) is 18.4 Å².